The summed E-state index contributed by atoms with van der Waals surface area (Å²) in [6, 6.07) is 17.0. The molecule has 7 heteroatoms. The van der Waals surface area contributed by atoms with Crippen LogP contribution >= 0.6 is 11.3 Å². The molecule has 1 atom stereocenters. The smallest absolute Gasteiger partial charge is 0.301 e. The van der Waals surface area contributed by atoms with Gasteiger partial charge in [0, 0.05) is 5.56 Å². The monoisotopic (exact) mass is 363 g/mol. The molecule has 2 heterocycles. The van der Waals surface area contributed by atoms with Gasteiger partial charge in [0.2, 0.25) is 5.13 Å². The van der Waals surface area contributed by atoms with Gasteiger partial charge in [-0.3, -0.25) is 14.5 Å². The second-order valence-electron chi connectivity index (χ2n) is 5.67. The van der Waals surface area contributed by atoms with E-state index in [2.05, 4.69) is 10.2 Å². The minimum absolute atomic E-state index is 0.0441. The molecule has 1 unspecified atom stereocenters. The Labute approximate surface area is 153 Å². The van der Waals surface area contributed by atoms with Crippen molar-refractivity contribution in [3.8, 4) is 0 Å². The van der Waals surface area contributed by atoms with E-state index in [-0.39, 0.29) is 11.3 Å². The van der Waals surface area contributed by atoms with Gasteiger partial charge in [-0.25, -0.2) is 0 Å². The number of aliphatic hydroxyl groups excluding tert-OH is 1. The highest BCUT2D eigenvalue weighted by atomic mass is 32.1. The summed E-state index contributed by atoms with van der Waals surface area (Å²) in [4.78, 5) is 26.8. The third kappa shape index (κ3) is 2.58. The first kappa shape index (κ1) is 16.2. The Hall–Kier alpha value is -3.32. The molecule has 1 N–H and O–H groups in total. The van der Waals surface area contributed by atoms with Gasteiger partial charge in [0.15, 0.2) is 0 Å². The molecule has 128 valence electrons. The summed E-state index contributed by atoms with van der Waals surface area (Å²) in [7, 11) is 0. The fourth-order valence-corrected chi connectivity index (χ4v) is 3.59. The van der Waals surface area contributed by atoms with Gasteiger partial charge in [0.05, 0.1) is 11.6 Å². The van der Waals surface area contributed by atoms with E-state index in [1.807, 2.05) is 36.4 Å². The molecule has 1 amide bonds. The van der Waals surface area contributed by atoms with E-state index in [0.717, 1.165) is 11.3 Å². The second-order valence-corrected chi connectivity index (χ2v) is 6.48. The first-order valence-corrected chi connectivity index (χ1v) is 8.74. The molecule has 1 aromatic heterocycles. The summed E-state index contributed by atoms with van der Waals surface area (Å²) < 4.78 is 0. The topological polar surface area (TPSA) is 83.4 Å². The Kier molecular flexibility index (Phi) is 4.06. The number of nitrogens with zero attached hydrogens (tertiary/aromatic N) is 3. The number of ketones is 1. The SMILES string of the molecule is O=C1C(=O)N(c2nncs2)C(c2ccccc2)/C1=C(\O)c1ccccc1. The number of carbonyl (C=O) groups excluding carboxylic acids is 2. The highest BCUT2D eigenvalue weighted by molar-refractivity contribution is 7.13. The van der Waals surface area contributed by atoms with E-state index in [1.165, 1.54) is 10.4 Å². The van der Waals surface area contributed by atoms with E-state index in [1.54, 1.807) is 24.3 Å². The highest BCUT2D eigenvalue weighted by Gasteiger charge is 2.48. The van der Waals surface area contributed by atoms with Gasteiger partial charge in [0.25, 0.3) is 5.78 Å². The molecule has 2 aromatic carbocycles. The maximum Gasteiger partial charge on any atom is 0.301 e. The third-order valence-corrected chi connectivity index (χ3v) is 4.85. The van der Waals surface area contributed by atoms with Gasteiger partial charge >= 0.3 is 5.91 Å². The zero-order chi connectivity index (χ0) is 18.1. The van der Waals surface area contributed by atoms with Crippen LogP contribution in [0.2, 0.25) is 0 Å². The van der Waals surface area contributed by atoms with Crippen LogP contribution in [0.5, 0.6) is 0 Å². The number of aliphatic hydroxyl groups is 1. The van der Waals surface area contributed by atoms with Crippen molar-refractivity contribution in [1.29, 1.82) is 0 Å². The first-order chi connectivity index (χ1) is 12.7. The van der Waals surface area contributed by atoms with Gasteiger partial charge in [-0.2, -0.15) is 0 Å². The maximum absolute atomic E-state index is 12.8. The molecular formula is C19H13N3O3S. The number of aromatic nitrogens is 2. The fourth-order valence-electron chi connectivity index (χ4n) is 3.00. The van der Waals surface area contributed by atoms with Crippen molar-refractivity contribution in [2.75, 3.05) is 4.90 Å². The van der Waals surface area contributed by atoms with E-state index >= 15 is 0 Å². The van der Waals surface area contributed by atoms with Gasteiger partial charge < -0.3 is 5.11 Å². The minimum Gasteiger partial charge on any atom is -0.507 e. The lowest BCUT2D eigenvalue weighted by molar-refractivity contribution is -0.132. The molecule has 0 aliphatic carbocycles. The van der Waals surface area contributed by atoms with Crippen LogP contribution in [0.4, 0.5) is 5.13 Å². The van der Waals surface area contributed by atoms with Crippen LogP contribution < -0.4 is 4.90 Å². The van der Waals surface area contributed by atoms with Crippen LogP contribution in [0.25, 0.3) is 5.76 Å². The molecular weight excluding hydrogens is 350 g/mol. The zero-order valence-electron chi connectivity index (χ0n) is 13.4. The molecule has 3 aromatic rings. The normalized spacial score (nSPS) is 19.1. The van der Waals surface area contributed by atoms with Crippen LogP contribution in [0.15, 0.2) is 71.7 Å². The van der Waals surface area contributed by atoms with E-state index < -0.39 is 17.7 Å². The maximum atomic E-state index is 12.8. The molecule has 1 fully saturated rings. The molecule has 0 radical (unpaired) electrons. The number of hydrogen-bond acceptors (Lipinski definition) is 6. The van der Waals surface area contributed by atoms with E-state index in [0.29, 0.717) is 16.3 Å². The number of anilines is 1. The van der Waals surface area contributed by atoms with Gasteiger partial charge in [0.1, 0.15) is 11.3 Å². The van der Waals surface area contributed by atoms with Crippen molar-refractivity contribution in [3.63, 3.8) is 0 Å². The summed E-state index contributed by atoms with van der Waals surface area (Å²) in [6.45, 7) is 0. The summed E-state index contributed by atoms with van der Waals surface area (Å²) in [5.41, 5.74) is 2.72. The number of carbonyl (C=O) groups is 2. The summed E-state index contributed by atoms with van der Waals surface area (Å²) in [5.74, 6) is -1.67. The predicted octanol–water partition coefficient (Wildman–Crippen LogP) is 3.16. The van der Waals surface area contributed by atoms with Gasteiger partial charge in [-0.05, 0) is 5.56 Å². The molecule has 1 aliphatic heterocycles. The quantitative estimate of drug-likeness (QED) is 0.439. The van der Waals surface area contributed by atoms with Gasteiger partial charge in [-0.15, -0.1) is 10.2 Å². The fraction of sp³-hybridized carbons (Fsp3) is 0.0526. The lowest BCUT2D eigenvalue weighted by Gasteiger charge is -2.22. The number of rotatable bonds is 3. The molecule has 6 nitrogen and oxygen atoms in total. The number of benzene rings is 2. The van der Waals surface area contributed by atoms with Crippen molar-refractivity contribution >= 4 is 33.9 Å². The molecule has 4 rings (SSSR count). The van der Waals surface area contributed by atoms with Crippen LogP contribution in [0.1, 0.15) is 17.2 Å². The van der Waals surface area contributed by atoms with Crippen molar-refractivity contribution < 1.29 is 14.7 Å². The third-order valence-electron chi connectivity index (χ3n) is 4.16. The summed E-state index contributed by atoms with van der Waals surface area (Å²) >= 11 is 1.16. The van der Waals surface area contributed by atoms with Crippen LogP contribution in [-0.2, 0) is 9.59 Å². The van der Waals surface area contributed by atoms with E-state index in [4.69, 9.17) is 0 Å². The van der Waals surface area contributed by atoms with Gasteiger partial charge in [-0.1, -0.05) is 72.0 Å². The molecule has 0 saturated carbocycles. The summed E-state index contributed by atoms with van der Waals surface area (Å²) in [5, 5.41) is 18.8. The molecule has 1 saturated heterocycles. The van der Waals surface area contributed by atoms with Crippen molar-refractivity contribution in [2.45, 2.75) is 6.04 Å². The number of hydrogen-bond donors (Lipinski definition) is 1. The Bertz CT molecular complexity index is 985. The highest BCUT2D eigenvalue weighted by Crippen LogP contribution is 2.42. The molecule has 1 aliphatic rings. The van der Waals surface area contributed by atoms with Crippen LogP contribution in [0.3, 0.4) is 0 Å². The Morgan fingerprint density at radius 1 is 1.00 bits per heavy atom. The average Bonchev–Trinajstić information content (AvgIpc) is 3.30. The second kappa shape index (κ2) is 6.53. The molecule has 0 spiro atoms. The predicted molar refractivity (Wildman–Crippen MR) is 97.6 cm³/mol. The molecule has 0 bridgehead atoms. The van der Waals surface area contributed by atoms with Crippen LogP contribution in [0, 0.1) is 0 Å². The Balaban J connectivity index is 1.95. The van der Waals surface area contributed by atoms with Crippen molar-refractivity contribution in [1.82, 2.24) is 10.2 Å². The molecule has 26 heavy (non-hydrogen) atoms. The standard InChI is InChI=1S/C19H13N3O3S/c23-16(13-9-5-2-6-10-13)14-15(12-7-3-1-4-8-12)22(18(25)17(14)24)19-21-20-11-26-19/h1-11,15,23H/b16-14+. The number of Topliss-reactive ketones (excluding diaryl/α,β-unsaturated/α-hetero) is 1. The zero-order valence-corrected chi connectivity index (χ0v) is 14.3. The lowest BCUT2D eigenvalue weighted by atomic mass is 9.95. The Morgan fingerprint density at radius 2 is 1.65 bits per heavy atom. The Morgan fingerprint density at radius 3 is 2.27 bits per heavy atom. The van der Waals surface area contributed by atoms with Crippen LogP contribution in [-0.4, -0.2) is 27.0 Å². The van der Waals surface area contributed by atoms with Crippen molar-refractivity contribution in [2.24, 2.45) is 0 Å². The van der Waals surface area contributed by atoms with E-state index in [9.17, 15) is 14.7 Å². The van der Waals surface area contributed by atoms with Crippen molar-refractivity contribution in [3.05, 3.63) is 82.9 Å². The number of amides is 1. The average molecular weight is 363 g/mol. The summed E-state index contributed by atoms with van der Waals surface area (Å²) in [6.07, 6.45) is 0. The minimum atomic E-state index is -0.760. The first-order valence-electron chi connectivity index (χ1n) is 7.86. The lowest BCUT2D eigenvalue weighted by Crippen LogP contribution is -2.29. The largest absolute Gasteiger partial charge is 0.507 e.